The second-order valence-corrected chi connectivity index (χ2v) is 8.28. The number of amides is 3. The number of carbonyl (C=O) groups is 3. The SMILES string of the molecule is CCC(CC)C(=O)Nc1ccc(C(=O)Nc2ccccc2C(=O)NC(C)(C)C)cc1. The van der Waals surface area contributed by atoms with Gasteiger partial charge < -0.3 is 16.0 Å². The Morgan fingerprint density at radius 2 is 1.43 bits per heavy atom. The first-order valence-electron chi connectivity index (χ1n) is 10.3. The van der Waals surface area contributed by atoms with Crippen molar-refractivity contribution in [2.24, 2.45) is 5.92 Å². The molecule has 0 bridgehead atoms. The zero-order valence-corrected chi connectivity index (χ0v) is 18.3. The number of rotatable bonds is 7. The maximum absolute atomic E-state index is 12.7. The van der Waals surface area contributed by atoms with Crippen molar-refractivity contribution >= 4 is 29.1 Å². The fraction of sp³-hybridized carbons (Fsp3) is 0.375. The van der Waals surface area contributed by atoms with Gasteiger partial charge in [-0.15, -0.1) is 0 Å². The lowest BCUT2D eigenvalue weighted by Gasteiger charge is -2.21. The zero-order chi connectivity index (χ0) is 22.3. The minimum absolute atomic E-state index is 0.0176. The maximum atomic E-state index is 12.7. The van der Waals surface area contributed by atoms with Crippen LogP contribution in [0.5, 0.6) is 0 Å². The average Bonchev–Trinajstić information content (AvgIpc) is 2.68. The molecule has 0 radical (unpaired) electrons. The molecule has 2 rings (SSSR count). The molecule has 3 N–H and O–H groups in total. The van der Waals surface area contributed by atoms with E-state index >= 15 is 0 Å². The predicted molar refractivity (Wildman–Crippen MR) is 121 cm³/mol. The molecule has 0 atom stereocenters. The number of benzene rings is 2. The first-order chi connectivity index (χ1) is 14.1. The van der Waals surface area contributed by atoms with Gasteiger partial charge >= 0.3 is 0 Å². The van der Waals surface area contributed by atoms with Crippen molar-refractivity contribution in [3.8, 4) is 0 Å². The third kappa shape index (κ3) is 6.44. The lowest BCUT2D eigenvalue weighted by Crippen LogP contribution is -2.40. The molecule has 6 nitrogen and oxygen atoms in total. The molecule has 30 heavy (non-hydrogen) atoms. The average molecular weight is 410 g/mol. The fourth-order valence-corrected chi connectivity index (χ4v) is 3.00. The summed E-state index contributed by atoms with van der Waals surface area (Å²) in [7, 11) is 0. The van der Waals surface area contributed by atoms with E-state index in [1.807, 2.05) is 34.6 Å². The Balaban J connectivity index is 2.10. The second-order valence-electron chi connectivity index (χ2n) is 8.28. The Labute approximate surface area is 178 Å². The van der Waals surface area contributed by atoms with Crippen molar-refractivity contribution in [2.45, 2.75) is 53.0 Å². The van der Waals surface area contributed by atoms with Crippen LogP contribution in [0.15, 0.2) is 48.5 Å². The van der Waals surface area contributed by atoms with Crippen LogP contribution in [-0.4, -0.2) is 23.3 Å². The van der Waals surface area contributed by atoms with Crippen LogP contribution in [0.1, 0.15) is 68.2 Å². The van der Waals surface area contributed by atoms with Gasteiger partial charge in [-0.25, -0.2) is 0 Å². The highest BCUT2D eigenvalue weighted by Crippen LogP contribution is 2.19. The standard InChI is InChI=1S/C24H31N3O3/c1-6-16(7-2)21(28)25-18-14-12-17(13-15-18)22(29)26-20-11-9-8-10-19(20)23(30)27-24(3,4)5/h8-16H,6-7H2,1-5H3,(H,25,28)(H,26,29)(H,27,30). The molecular formula is C24H31N3O3. The monoisotopic (exact) mass is 409 g/mol. The molecule has 0 fully saturated rings. The van der Waals surface area contributed by atoms with Crippen LogP contribution in [0.2, 0.25) is 0 Å². The van der Waals surface area contributed by atoms with Gasteiger partial charge in [0.15, 0.2) is 0 Å². The van der Waals surface area contributed by atoms with Crippen molar-refractivity contribution in [1.29, 1.82) is 0 Å². The first-order valence-corrected chi connectivity index (χ1v) is 10.3. The molecule has 3 amide bonds. The molecule has 0 aliphatic heterocycles. The summed E-state index contributed by atoms with van der Waals surface area (Å²) in [6.07, 6.45) is 1.57. The number of carbonyl (C=O) groups excluding carboxylic acids is 3. The number of anilines is 2. The molecule has 0 spiro atoms. The molecule has 0 saturated heterocycles. The van der Waals surface area contributed by atoms with Gasteiger partial charge in [-0.05, 0) is 70.0 Å². The summed E-state index contributed by atoms with van der Waals surface area (Å²) >= 11 is 0. The molecule has 0 heterocycles. The third-order valence-corrected chi connectivity index (χ3v) is 4.68. The van der Waals surface area contributed by atoms with E-state index in [1.165, 1.54) is 0 Å². The summed E-state index contributed by atoms with van der Waals surface area (Å²) in [5, 5.41) is 8.59. The van der Waals surface area contributed by atoms with E-state index in [2.05, 4.69) is 16.0 Å². The zero-order valence-electron chi connectivity index (χ0n) is 18.3. The van der Waals surface area contributed by atoms with E-state index < -0.39 is 0 Å². The Hall–Kier alpha value is -3.15. The quantitative estimate of drug-likeness (QED) is 0.611. The number of nitrogens with one attached hydrogen (secondary N) is 3. The molecule has 0 unspecified atom stereocenters. The molecule has 0 aliphatic carbocycles. The molecule has 0 aliphatic rings. The van der Waals surface area contributed by atoms with Crippen LogP contribution in [0.25, 0.3) is 0 Å². The van der Waals surface area contributed by atoms with Gasteiger partial charge in [0, 0.05) is 22.7 Å². The summed E-state index contributed by atoms with van der Waals surface area (Å²) in [5.74, 6) is -0.624. The Bertz CT molecular complexity index is 895. The predicted octanol–water partition coefficient (Wildman–Crippen LogP) is 4.84. The number of hydrogen-bond donors (Lipinski definition) is 3. The molecule has 0 saturated carbocycles. The van der Waals surface area contributed by atoms with Crippen LogP contribution in [0.3, 0.4) is 0 Å². The Morgan fingerprint density at radius 1 is 0.833 bits per heavy atom. The Morgan fingerprint density at radius 3 is 2.00 bits per heavy atom. The van der Waals surface area contributed by atoms with E-state index in [0.29, 0.717) is 22.5 Å². The first kappa shape index (κ1) is 23.1. The molecule has 6 heteroatoms. The van der Waals surface area contributed by atoms with Crippen LogP contribution < -0.4 is 16.0 Å². The topological polar surface area (TPSA) is 87.3 Å². The van der Waals surface area contributed by atoms with Crippen LogP contribution >= 0.6 is 0 Å². The van der Waals surface area contributed by atoms with Crippen LogP contribution in [0.4, 0.5) is 11.4 Å². The highest BCUT2D eigenvalue weighted by atomic mass is 16.2. The highest BCUT2D eigenvalue weighted by Gasteiger charge is 2.19. The molecular weight excluding hydrogens is 378 g/mol. The van der Waals surface area contributed by atoms with Gasteiger partial charge in [0.1, 0.15) is 0 Å². The summed E-state index contributed by atoms with van der Waals surface area (Å²) in [6.45, 7) is 9.67. The van der Waals surface area contributed by atoms with E-state index in [0.717, 1.165) is 12.8 Å². The van der Waals surface area contributed by atoms with Crippen molar-refractivity contribution in [3.63, 3.8) is 0 Å². The second kappa shape index (κ2) is 10.1. The lowest BCUT2D eigenvalue weighted by atomic mass is 10.0. The molecule has 160 valence electrons. The Kier molecular flexibility index (Phi) is 7.75. The molecule has 0 aromatic heterocycles. The van der Waals surface area contributed by atoms with Crippen molar-refractivity contribution < 1.29 is 14.4 Å². The molecule has 2 aromatic rings. The van der Waals surface area contributed by atoms with E-state index in [-0.39, 0.29) is 29.2 Å². The minimum Gasteiger partial charge on any atom is -0.347 e. The summed E-state index contributed by atoms with van der Waals surface area (Å²) in [5.41, 5.74) is 1.53. The van der Waals surface area contributed by atoms with Crippen molar-refractivity contribution in [3.05, 3.63) is 59.7 Å². The number of para-hydroxylation sites is 1. The van der Waals surface area contributed by atoms with Crippen molar-refractivity contribution in [1.82, 2.24) is 5.32 Å². The summed E-state index contributed by atoms with van der Waals surface area (Å²) in [6, 6.07) is 13.6. The summed E-state index contributed by atoms with van der Waals surface area (Å²) < 4.78 is 0. The highest BCUT2D eigenvalue weighted by molar-refractivity contribution is 6.09. The third-order valence-electron chi connectivity index (χ3n) is 4.68. The van der Waals surface area contributed by atoms with E-state index in [9.17, 15) is 14.4 Å². The van der Waals surface area contributed by atoms with Gasteiger partial charge in [0.05, 0.1) is 11.3 Å². The van der Waals surface area contributed by atoms with E-state index in [1.54, 1.807) is 48.5 Å². The smallest absolute Gasteiger partial charge is 0.255 e. The van der Waals surface area contributed by atoms with E-state index in [4.69, 9.17) is 0 Å². The van der Waals surface area contributed by atoms with Gasteiger partial charge in [-0.3, -0.25) is 14.4 Å². The van der Waals surface area contributed by atoms with Crippen LogP contribution in [0, 0.1) is 5.92 Å². The van der Waals surface area contributed by atoms with Crippen molar-refractivity contribution in [2.75, 3.05) is 10.6 Å². The molecule has 2 aromatic carbocycles. The van der Waals surface area contributed by atoms with Crippen LogP contribution in [-0.2, 0) is 4.79 Å². The normalized spacial score (nSPS) is 11.1. The van der Waals surface area contributed by atoms with Gasteiger partial charge in [0.25, 0.3) is 11.8 Å². The largest absolute Gasteiger partial charge is 0.347 e. The maximum Gasteiger partial charge on any atom is 0.255 e. The minimum atomic E-state index is -0.386. The van der Waals surface area contributed by atoms with Gasteiger partial charge in [0.2, 0.25) is 5.91 Å². The summed E-state index contributed by atoms with van der Waals surface area (Å²) in [4.78, 5) is 37.4. The number of hydrogen-bond acceptors (Lipinski definition) is 3. The lowest BCUT2D eigenvalue weighted by molar-refractivity contribution is -0.120. The fourth-order valence-electron chi connectivity index (χ4n) is 3.00. The van der Waals surface area contributed by atoms with Gasteiger partial charge in [-0.2, -0.15) is 0 Å². The van der Waals surface area contributed by atoms with Gasteiger partial charge in [-0.1, -0.05) is 26.0 Å².